The topological polar surface area (TPSA) is 29.1 Å². The van der Waals surface area contributed by atoms with Crippen molar-refractivity contribution in [2.75, 3.05) is 5.32 Å². The predicted molar refractivity (Wildman–Crippen MR) is 57.3 cm³/mol. The summed E-state index contributed by atoms with van der Waals surface area (Å²) in [5.74, 6) is -0.419. The summed E-state index contributed by atoms with van der Waals surface area (Å²) >= 11 is 0. The zero-order valence-electron chi connectivity index (χ0n) is 8.93. The smallest absolute Gasteiger partial charge is 0.235 e. The van der Waals surface area contributed by atoms with Crippen LogP contribution < -0.4 is 5.32 Å². The molecule has 0 saturated heterocycles. The van der Waals surface area contributed by atoms with Crippen LogP contribution in [-0.2, 0) is 10.2 Å². The van der Waals surface area contributed by atoms with Crippen molar-refractivity contribution in [2.45, 2.75) is 32.1 Å². The molecule has 1 aliphatic heterocycles. The Bertz CT molecular complexity index is 410. The number of anilines is 1. The Labute approximate surface area is 88.5 Å². The molecule has 0 aliphatic carbocycles. The van der Waals surface area contributed by atoms with Crippen molar-refractivity contribution in [2.24, 2.45) is 0 Å². The molecule has 0 unspecified atom stereocenters. The van der Waals surface area contributed by atoms with Gasteiger partial charge in [-0.2, -0.15) is 0 Å². The monoisotopic (exact) mass is 207 g/mol. The Balaban J connectivity index is 2.64. The summed E-state index contributed by atoms with van der Waals surface area (Å²) in [6.07, 6.45) is 1.40. The third kappa shape index (κ3) is 1.19. The van der Waals surface area contributed by atoms with Gasteiger partial charge in [0.15, 0.2) is 0 Å². The highest BCUT2D eigenvalue weighted by molar-refractivity contribution is 6.06. The lowest BCUT2D eigenvalue weighted by atomic mass is 9.77. The minimum atomic E-state index is -0.530. The Kier molecular flexibility index (Phi) is 2.25. The van der Waals surface area contributed by atoms with E-state index in [1.54, 1.807) is 6.07 Å². The second-order valence-corrected chi connectivity index (χ2v) is 3.91. The quantitative estimate of drug-likeness (QED) is 0.793. The fraction of sp³-hybridized carbons (Fsp3) is 0.417. The Morgan fingerprint density at radius 1 is 1.33 bits per heavy atom. The van der Waals surface area contributed by atoms with Crippen LogP contribution in [0.2, 0.25) is 0 Å². The number of fused-ring (bicyclic) bond motifs is 1. The van der Waals surface area contributed by atoms with Gasteiger partial charge in [0.2, 0.25) is 5.91 Å². The van der Waals surface area contributed by atoms with E-state index in [2.05, 4.69) is 5.32 Å². The Morgan fingerprint density at radius 2 is 2.00 bits per heavy atom. The SMILES string of the molecule is CCC1(CC)C(=O)Nc2c(F)cccc21. The van der Waals surface area contributed by atoms with E-state index in [9.17, 15) is 9.18 Å². The summed E-state index contributed by atoms with van der Waals surface area (Å²) in [6, 6.07) is 4.87. The zero-order chi connectivity index (χ0) is 11.1. The van der Waals surface area contributed by atoms with E-state index in [0.29, 0.717) is 18.5 Å². The van der Waals surface area contributed by atoms with E-state index in [1.165, 1.54) is 6.07 Å². The molecule has 3 heteroatoms. The third-order valence-electron chi connectivity index (χ3n) is 3.41. The average molecular weight is 207 g/mol. The standard InChI is InChI=1S/C12H14FNO/c1-3-12(4-2)8-6-5-7-9(13)10(8)14-11(12)15/h5-7H,3-4H2,1-2H3,(H,14,15). The molecule has 1 aliphatic rings. The van der Waals surface area contributed by atoms with Crippen molar-refractivity contribution in [1.29, 1.82) is 0 Å². The molecule has 0 radical (unpaired) electrons. The molecule has 0 spiro atoms. The van der Waals surface area contributed by atoms with E-state index >= 15 is 0 Å². The van der Waals surface area contributed by atoms with E-state index in [-0.39, 0.29) is 11.7 Å². The van der Waals surface area contributed by atoms with E-state index in [1.807, 2.05) is 19.9 Å². The predicted octanol–water partition coefficient (Wildman–Crippen LogP) is 2.84. The van der Waals surface area contributed by atoms with Crippen molar-refractivity contribution in [1.82, 2.24) is 0 Å². The maximum Gasteiger partial charge on any atom is 0.235 e. The molecule has 1 aromatic rings. The summed E-state index contributed by atoms with van der Waals surface area (Å²) in [5.41, 5.74) is 0.640. The van der Waals surface area contributed by atoms with Crippen molar-refractivity contribution >= 4 is 11.6 Å². The zero-order valence-corrected chi connectivity index (χ0v) is 8.93. The molecule has 1 N–H and O–H groups in total. The Hall–Kier alpha value is -1.38. The molecule has 0 aromatic heterocycles. The summed E-state index contributed by atoms with van der Waals surface area (Å²) < 4.78 is 13.5. The molecule has 2 nitrogen and oxygen atoms in total. The maximum atomic E-state index is 13.5. The van der Waals surface area contributed by atoms with Crippen LogP contribution in [0.5, 0.6) is 0 Å². The minimum Gasteiger partial charge on any atom is -0.323 e. The first-order valence-electron chi connectivity index (χ1n) is 5.26. The molecule has 0 bridgehead atoms. The number of nitrogens with one attached hydrogen (secondary N) is 1. The molecular weight excluding hydrogens is 193 g/mol. The van der Waals surface area contributed by atoms with Gasteiger partial charge in [-0.25, -0.2) is 4.39 Å². The van der Waals surface area contributed by atoms with Crippen LogP contribution in [0, 0.1) is 5.82 Å². The van der Waals surface area contributed by atoms with E-state index < -0.39 is 5.41 Å². The van der Waals surface area contributed by atoms with Crippen LogP contribution >= 0.6 is 0 Å². The summed E-state index contributed by atoms with van der Waals surface area (Å²) in [5, 5.41) is 2.64. The molecule has 2 rings (SSSR count). The number of carbonyl (C=O) groups excluding carboxylic acids is 1. The molecule has 1 amide bonds. The maximum absolute atomic E-state index is 13.5. The van der Waals surface area contributed by atoms with E-state index in [0.717, 1.165) is 5.56 Å². The van der Waals surface area contributed by atoms with Crippen LogP contribution in [0.4, 0.5) is 10.1 Å². The first-order chi connectivity index (χ1) is 7.15. The van der Waals surface area contributed by atoms with Gasteiger partial charge in [-0.05, 0) is 24.5 Å². The summed E-state index contributed by atoms with van der Waals surface area (Å²) in [6.45, 7) is 3.92. The number of para-hydroxylation sites is 1. The normalized spacial score (nSPS) is 17.4. The van der Waals surface area contributed by atoms with Crippen LogP contribution in [0.1, 0.15) is 32.3 Å². The lowest BCUT2D eigenvalue weighted by Gasteiger charge is -2.23. The van der Waals surface area contributed by atoms with Gasteiger partial charge in [0, 0.05) is 0 Å². The van der Waals surface area contributed by atoms with Gasteiger partial charge in [0.05, 0.1) is 11.1 Å². The fourth-order valence-electron chi connectivity index (χ4n) is 2.36. The Morgan fingerprint density at radius 3 is 2.60 bits per heavy atom. The molecule has 0 fully saturated rings. The number of carbonyl (C=O) groups is 1. The minimum absolute atomic E-state index is 0.0763. The highest BCUT2D eigenvalue weighted by Crippen LogP contribution is 2.43. The number of benzene rings is 1. The largest absolute Gasteiger partial charge is 0.323 e. The molecule has 0 saturated carbocycles. The van der Waals surface area contributed by atoms with Gasteiger partial charge >= 0.3 is 0 Å². The summed E-state index contributed by atoms with van der Waals surface area (Å²) in [4.78, 5) is 11.9. The van der Waals surface area contributed by atoms with Crippen molar-refractivity contribution in [3.05, 3.63) is 29.6 Å². The molecule has 1 heterocycles. The van der Waals surface area contributed by atoms with Gasteiger partial charge in [-0.3, -0.25) is 4.79 Å². The van der Waals surface area contributed by atoms with Gasteiger partial charge in [0.1, 0.15) is 5.82 Å². The number of rotatable bonds is 2. The number of amides is 1. The second kappa shape index (κ2) is 3.33. The number of halogens is 1. The van der Waals surface area contributed by atoms with Crippen molar-refractivity contribution < 1.29 is 9.18 Å². The van der Waals surface area contributed by atoms with Gasteiger partial charge in [0.25, 0.3) is 0 Å². The van der Waals surface area contributed by atoms with Crippen molar-refractivity contribution in [3.63, 3.8) is 0 Å². The number of hydrogen-bond acceptors (Lipinski definition) is 1. The van der Waals surface area contributed by atoms with Crippen LogP contribution in [-0.4, -0.2) is 5.91 Å². The van der Waals surface area contributed by atoms with Crippen molar-refractivity contribution in [3.8, 4) is 0 Å². The fourth-order valence-corrected chi connectivity index (χ4v) is 2.36. The molecule has 15 heavy (non-hydrogen) atoms. The van der Waals surface area contributed by atoms with Crippen LogP contribution in [0.25, 0.3) is 0 Å². The lowest BCUT2D eigenvalue weighted by molar-refractivity contribution is -0.121. The molecular formula is C12H14FNO. The van der Waals surface area contributed by atoms with Gasteiger partial charge in [-0.15, -0.1) is 0 Å². The second-order valence-electron chi connectivity index (χ2n) is 3.91. The third-order valence-corrected chi connectivity index (χ3v) is 3.41. The van der Waals surface area contributed by atoms with Crippen LogP contribution in [0.3, 0.4) is 0 Å². The first-order valence-corrected chi connectivity index (χ1v) is 5.26. The molecule has 1 aromatic carbocycles. The summed E-state index contributed by atoms with van der Waals surface area (Å²) in [7, 11) is 0. The average Bonchev–Trinajstić information content (AvgIpc) is 2.53. The highest BCUT2D eigenvalue weighted by Gasteiger charge is 2.44. The molecule has 0 atom stereocenters. The van der Waals surface area contributed by atoms with Gasteiger partial charge in [-0.1, -0.05) is 26.0 Å². The van der Waals surface area contributed by atoms with Gasteiger partial charge < -0.3 is 5.32 Å². The molecule has 80 valence electrons. The highest BCUT2D eigenvalue weighted by atomic mass is 19.1. The lowest BCUT2D eigenvalue weighted by Crippen LogP contribution is -2.32. The van der Waals surface area contributed by atoms with E-state index in [4.69, 9.17) is 0 Å². The first kappa shape index (κ1) is 10.1. The van der Waals surface area contributed by atoms with Crippen LogP contribution in [0.15, 0.2) is 18.2 Å². The number of hydrogen-bond donors (Lipinski definition) is 1.